The third kappa shape index (κ3) is 4.20. The molecule has 0 radical (unpaired) electrons. The van der Waals surface area contributed by atoms with Crippen molar-refractivity contribution < 1.29 is 4.21 Å². The summed E-state index contributed by atoms with van der Waals surface area (Å²) >= 11 is 0. The largest absolute Gasteiger partial charge is 0.299 e. The van der Waals surface area contributed by atoms with Gasteiger partial charge < -0.3 is 0 Å². The zero-order valence-corrected chi connectivity index (χ0v) is 11.1. The lowest BCUT2D eigenvalue weighted by Gasteiger charge is -2.34. The SMILES string of the molecule is CC(C)NC(C)(C#N)CN1CCS(=O)CC1. The molecule has 0 aromatic rings. The zero-order chi connectivity index (χ0) is 12.2. The molecular weight excluding hydrogens is 222 g/mol. The molecule has 1 aliphatic heterocycles. The van der Waals surface area contributed by atoms with Crippen molar-refractivity contribution in [1.82, 2.24) is 10.2 Å². The molecule has 1 unspecified atom stereocenters. The summed E-state index contributed by atoms with van der Waals surface area (Å²) in [6, 6.07) is 2.63. The summed E-state index contributed by atoms with van der Waals surface area (Å²) < 4.78 is 11.2. The van der Waals surface area contributed by atoms with Gasteiger partial charge in [-0.15, -0.1) is 0 Å². The van der Waals surface area contributed by atoms with Crippen LogP contribution in [0.5, 0.6) is 0 Å². The Bertz CT molecular complexity index is 290. The van der Waals surface area contributed by atoms with E-state index >= 15 is 0 Å². The molecule has 0 amide bonds. The van der Waals surface area contributed by atoms with E-state index in [2.05, 4.69) is 16.3 Å². The monoisotopic (exact) mass is 243 g/mol. The summed E-state index contributed by atoms with van der Waals surface area (Å²) in [4.78, 5) is 2.22. The maximum absolute atomic E-state index is 11.2. The average Bonchev–Trinajstić information content (AvgIpc) is 2.20. The van der Waals surface area contributed by atoms with Crippen LogP contribution in [0.2, 0.25) is 0 Å². The molecule has 0 aliphatic carbocycles. The Morgan fingerprint density at radius 2 is 2.06 bits per heavy atom. The predicted octanol–water partition coefficient (Wildman–Crippen LogP) is 0.331. The molecule has 1 N–H and O–H groups in total. The molecule has 0 aromatic heterocycles. The van der Waals surface area contributed by atoms with E-state index in [1.165, 1.54) is 0 Å². The molecule has 1 heterocycles. The molecular formula is C11H21N3OS. The van der Waals surface area contributed by atoms with Gasteiger partial charge in [0.05, 0.1) is 6.07 Å². The summed E-state index contributed by atoms with van der Waals surface area (Å²) in [5, 5.41) is 12.5. The second-order valence-corrected chi connectivity index (χ2v) is 6.56. The highest BCUT2D eigenvalue weighted by molar-refractivity contribution is 7.85. The normalized spacial score (nSPS) is 22.9. The molecule has 16 heavy (non-hydrogen) atoms. The van der Waals surface area contributed by atoms with Crippen molar-refractivity contribution in [3.8, 4) is 6.07 Å². The van der Waals surface area contributed by atoms with Gasteiger partial charge in [-0.05, 0) is 20.8 Å². The third-order valence-electron chi connectivity index (χ3n) is 2.66. The molecule has 92 valence electrons. The predicted molar refractivity (Wildman–Crippen MR) is 66.6 cm³/mol. The van der Waals surface area contributed by atoms with Crippen molar-refractivity contribution in [2.24, 2.45) is 0 Å². The maximum Gasteiger partial charge on any atom is 0.116 e. The van der Waals surface area contributed by atoms with E-state index in [1.54, 1.807) is 0 Å². The van der Waals surface area contributed by atoms with Crippen LogP contribution in [0.25, 0.3) is 0 Å². The summed E-state index contributed by atoms with van der Waals surface area (Å²) in [5.74, 6) is 1.48. The Hall–Kier alpha value is -0.440. The second-order valence-electron chi connectivity index (χ2n) is 4.87. The van der Waals surface area contributed by atoms with Crippen molar-refractivity contribution in [1.29, 1.82) is 5.26 Å². The third-order valence-corrected chi connectivity index (χ3v) is 3.94. The Morgan fingerprint density at radius 1 is 1.50 bits per heavy atom. The number of rotatable bonds is 4. The van der Waals surface area contributed by atoms with Gasteiger partial charge >= 0.3 is 0 Å². The van der Waals surface area contributed by atoms with Gasteiger partial charge in [-0.1, -0.05) is 0 Å². The number of hydrogen-bond donors (Lipinski definition) is 1. The van der Waals surface area contributed by atoms with Crippen LogP contribution in [0, 0.1) is 11.3 Å². The first-order valence-corrected chi connectivity index (χ1v) is 7.20. The van der Waals surface area contributed by atoms with Crippen LogP contribution in [0.4, 0.5) is 0 Å². The molecule has 1 saturated heterocycles. The number of nitrogens with one attached hydrogen (secondary N) is 1. The minimum absolute atomic E-state index is 0.295. The number of hydrogen-bond acceptors (Lipinski definition) is 4. The van der Waals surface area contributed by atoms with Gasteiger partial charge in [-0.2, -0.15) is 5.26 Å². The van der Waals surface area contributed by atoms with Crippen molar-refractivity contribution in [3.63, 3.8) is 0 Å². The summed E-state index contributed by atoms with van der Waals surface area (Å²) in [6.45, 7) is 8.40. The maximum atomic E-state index is 11.2. The van der Waals surface area contributed by atoms with Gasteiger partial charge in [-0.3, -0.25) is 14.4 Å². The van der Waals surface area contributed by atoms with Crippen LogP contribution < -0.4 is 5.32 Å². The first-order chi connectivity index (χ1) is 7.45. The Balaban J connectivity index is 2.50. The molecule has 0 spiro atoms. The fourth-order valence-corrected chi connectivity index (χ4v) is 3.16. The van der Waals surface area contributed by atoms with Gasteiger partial charge in [0, 0.05) is 48.0 Å². The molecule has 0 aromatic carbocycles. The van der Waals surface area contributed by atoms with Gasteiger partial charge in [-0.25, -0.2) is 0 Å². The van der Waals surface area contributed by atoms with Crippen molar-refractivity contribution >= 4 is 10.8 Å². The minimum atomic E-state index is -0.647. The van der Waals surface area contributed by atoms with Crippen LogP contribution in [0.1, 0.15) is 20.8 Å². The van der Waals surface area contributed by atoms with Gasteiger partial charge in [0.1, 0.15) is 5.54 Å². The van der Waals surface area contributed by atoms with E-state index in [1.807, 2.05) is 20.8 Å². The van der Waals surface area contributed by atoms with E-state index in [0.29, 0.717) is 12.6 Å². The van der Waals surface area contributed by atoms with Crippen LogP contribution in [-0.2, 0) is 10.8 Å². The molecule has 1 fully saturated rings. The lowest BCUT2D eigenvalue weighted by molar-refractivity contribution is 0.229. The van der Waals surface area contributed by atoms with E-state index in [-0.39, 0.29) is 0 Å². The van der Waals surface area contributed by atoms with E-state index in [4.69, 9.17) is 0 Å². The highest BCUT2D eigenvalue weighted by Crippen LogP contribution is 2.09. The molecule has 5 heteroatoms. The first kappa shape index (κ1) is 13.6. The summed E-state index contributed by atoms with van der Waals surface area (Å²) in [7, 11) is -0.647. The Labute approximate surface area is 100 Å². The number of nitrogens with zero attached hydrogens (tertiary/aromatic N) is 2. The topological polar surface area (TPSA) is 56.1 Å². The van der Waals surface area contributed by atoms with Crippen LogP contribution in [-0.4, -0.2) is 51.8 Å². The highest BCUT2D eigenvalue weighted by atomic mass is 32.2. The average molecular weight is 243 g/mol. The quantitative estimate of drug-likeness (QED) is 0.773. The Morgan fingerprint density at radius 3 is 2.50 bits per heavy atom. The smallest absolute Gasteiger partial charge is 0.116 e. The fraction of sp³-hybridized carbons (Fsp3) is 0.909. The van der Waals surface area contributed by atoms with Crippen LogP contribution >= 0.6 is 0 Å². The number of nitriles is 1. The molecule has 1 rings (SSSR count). The standard InChI is InChI=1S/C11H21N3OS/c1-10(2)13-11(3,8-12)9-14-4-6-16(15)7-5-14/h10,13H,4-7,9H2,1-3H3. The van der Waals surface area contributed by atoms with Crippen LogP contribution in [0.3, 0.4) is 0 Å². The molecule has 0 saturated carbocycles. The highest BCUT2D eigenvalue weighted by Gasteiger charge is 2.28. The summed E-state index contributed by atoms with van der Waals surface area (Å²) in [5.41, 5.74) is -0.507. The van der Waals surface area contributed by atoms with E-state index in [9.17, 15) is 9.47 Å². The van der Waals surface area contributed by atoms with E-state index in [0.717, 1.165) is 24.6 Å². The second kappa shape index (κ2) is 5.76. The molecule has 0 bridgehead atoms. The summed E-state index contributed by atoms with van der Waals surface area (Å²) in [6.07, 6.45) is 0. The molecule has 1 aliphatic rings. The first-order valence-electron chi connectivity index (χ1n) is 5.71. The van der Waals surface area contributed by atoms with Gasteiger partial charge in [0.15, 0.2) is 0 Å². The van der Waals surface area contributed by atoms with Gasteiger partial charge in [0.25, 0.3) is 0 Å². The molecule has 4 nitrogen and oxygen atoms in total. The van der Waals surface area contributed by atoms with Crippen molar-refractivity contribution in [2.75, 3.05) is 31.1 Å². The molecule has 1 atom stereocenters. The Kier molecular flexibility index (Phi) is 4.90. The van der Waals surface area contributed by atoms with Crippen molar-refractivity contribution in [2.45, 2.75) is 32.4 Å². The zero-order valence-electron chi connectivity index (χ0n) is 10.3. The lowest BCUT2D eigenvalue weighted by atomic mass is 10.0. The van der Waals surface area contributed by atoms with Gasteiger partial charge in [0.2, 0.25) is 0 Å². The minimum Gasteiger partial charge on any atom is -0.299 e. The van der Waals surface area contributed by atoms with Crippen LogP contribution in [0.15, 0.2) is 0 Å². The van der Waals surface area contributed by atoms with E-state index < -0.39 is 16.3 Å². The van der Waals surface area contributed by atoms with Crippen molar-refractivity contribution in [3.05, 3.63) is 0 Å². The fourth-order valence-electron chi connectivity index (χ4n) is 2.03. The lowest BCUT2D eigenvalue weighted by Crippen LogP contribution is -2.54.